The minimum atomic E-state index is -4.52. The van der Waals surface area contributed by atoms with Gasteiger partial charge in [-0.1, -0.05) is 0 Å². The Labute approximate surface area is 76.1 Å². The third kappa shape index (κ3) is 5.00. The summed E-state index contributed by atoms with van der Waals surface area (Å²) in [6.45, 7) is 2.55. The van der Waals surface area contributed by atoms with E-state index < -0.39 is 19.2 Å². The second-order valence-corrected chi connectivity index (χ2v) is 4.38. The lowest BCUT2D eigenvalue weighted by atomic mass is 9.95. The van der Waals surface area contributed by atoms with Crippen LogP contribution in [0.5, 0.6) is 0 Å². The van der Waals surface area contributed by atoms with Crippen LogP contribution in [0.25, 0.3) is 0 Å². The number of hydrogen-bond donors (Lipinski definition) is 2. The minimum absolute atomic E-state index is 0.385. The zero-order valence-corrected chi connectivity index (χ0v) is 8.58. The maximum Gasteiger partial charge on any atom is 0.469 e. The molecule has 0 spiro atoms. The van der Waals surface area contributed by atoms with Crippen molar-refractivity contribution in [2.45, 2.75) is 13.8 Å². The molecule has 0 saturated carbocycles. The van der Waals surface area contributed by atoms with E-state index in [2.05, 4.69) is 9.26 Å². The first-order valence-electron chi connectivity index (χ1n) is 3.47. The normalized spacial score (nSPS) is 12.7. The number of methoxy groups -OCH3 is 1. The van der Waals surface area contributed by atoms with Crippen LogP contribution in [0.1, 0.15) is 13.8 Å². The van der Waals surface area contributed by atoms with Gasteiger partial charge in [-0.25, -0.2) is 4.57 Å². The highest BCUT2D eigenvalue weighted by Gasteiger charge is 2.32. The monoisotopic (exact) mass is 212 g/mol. The van der Waals surface area contributed by atoms with Gasteiger partial charge in [0.05, 0.1) is 19.1 Å². The predicted molar refractivity (Wildman–Crippen MR) is 43.8 cm³/mol. The molecule has 0 saturated heterocycles. The zero-order chi connectivity index (χ0) is 10.7. The number of esters is 1. The largest absolute Gasteiger partial charge is 0.469 e. The molecule has 0 bridgehead atoms. The van der Waals surface area contributed by atoms with Crippen molar-refractivity contribution < 1.29 is 28.4 Å². The van der Waals surface area contributed by atoms with E-state index in [9.17, 15) is 9.36 Å². The van der Waals surface area contributed by atoms with Crippen molar-refractivity contribution in [1.29, 1.82) is 0 Å². The predicted octanol–water partition coefficient (Wildman–Crippen LogP) is 0.295. The van der Waals surface area contributed by atoms with Crippen LogP contribution in [0.3, 0.4) is 0 Å². The van der Waals surface area contributed by atoms with Gasteiger partial charge >= 0.3 is 13.8 Å². The summed E-state index contributed by atoms with van der Waals surface area (Å²) in [6, 6.07) is 0. The number of ether oxygens (including phenoxy) is 1. The summed E-state index contributed by atoms with van der Waals surface area (Å²) in [4.78, 5) is 27.7. The van der Waals surface area contributed by atoms with Crippen molar-refractivity contribution in [3.05, 3.63) is 0 Å². The minimum Gasteiger partial charge on any atom is -0.469 e. The molecule has 7 heteroatoms. The van der Waals surface area contributed by atoms with Gasteiger partial charge in [0.25, 0.3) is 0 Å². The van der Waals surface area contributed by atoms with E-state index in [1.807, 2.05) is 0 Å². The van der Waals surface area contributed by atoms with Gasteiger partial charge in [-0.05, 0) is 13.8 Å². The molecule has 0 aliphatic rings. The van der Waals surface area contributed by atoms with Crippen molar-refractivity contribution in [2.75, 3.05) is 13.7 Å². The first-order chi connectivity index (χ1) is 5.69. The van der Waals surface area contributed by atoms with Gasteiger partial charge in [0.2, 0.25) is 0 Å². The molecular formula is C6H13O6P. The van der Waals surface area contributed by atoms with E-state index in [1.165, 1.54) is 21.0 Å². The summed E-state index contributed by atoms with van der Waals surface area (Å²) in [6.07, 6.45) is 0. The Morgan fingerprint density at radius 2 is 1.92 bits per heavy atom. The van der Waals surface area contributed by atoms with Crippen LogP contribution in [0.4, 0.5) is 0 Å². The summed E-state index contributed by atoms with van der Waals surface area (Å²) < 4.78 is 18.9. The molecule has 2 N–H and O–H groups in total. The Balaban J connectivity index is 4.19. The summed E-state index contributed by atoms with van der Waals surface area (Å²) in [5.41, 5.74) is -1.06. The summed E-state index contributed by atoms with van der Waals surface area (Å²) in [5.74, 6) is -0.582. The van der Waals surface area contributed by atoms with E-state index >= 15 is 0 Å². The number of carbonyl (C=O) groups is 1. The SMILES string of the molecule is COC(=O)C(C)(C)COP(=O)(O)O. The van der Waals surface area contributed by atoms with E-state index in [4.69, 9.17) is 9.79 Å². The van der Waals surface area contributed by atoms with E-state index in [1.54, 1.807) is 0 Å². The van der Waals surface area contributed by atoms with Gasteiger partial charge in [-0.3, -0.25) is 9.32 Å². The van der Waals surface area contributed by atoms with Gasteiger partial charge in [-0.15, -0.1) is 0 Å². The van der Waals surface area contributed by atoms with Gasteiger partial charge in [0.1, 0.15) is 0 Å². The average Bonchev–Trinajstić information content (AvgIpc) is 1.98. The Hall–Kier alpha value is -0.420. The molecule has 0 atom stereocenters. The molecule has 0 fully saturated rings. The van der Waals surface area contributed by atoms with Gasteiger partial charge in [0, 0.05) is 0 Å². The Morgan fingerprint density at radius 3 is 2.23 bits per heavy atom. The van der Waals surface area contributed by atoms with Gasteiger partial charge in [0.15, 0.2) is 0 Å². The van der Waals surface area contributed by atoms with Crippen LogP contribution >= 0.6 is 7.82 Å². The maximum atomic E-state index is 11.0. The fourth-order valence-electron chi connectivity index (χ4n) is 0.581. The number of rotatable bonds is 4. The molecule has 0 aromatic rings. The quantitative estimate of drug-likeness (QED) is 0.514. The molecule has 6 nitrogen and oxygen atoms in total. The highest BCUT2D eigenvalue weighted by Crippen LogP contribution is 2.38. The Morgan fingerprint density at radius 1 is 1.46 bits per heavy atom. The van der Waals surface area contributed by atoms with Crippen LogP contribution in [0.15, 0.2) is 0 Å². The zero-order valence-electron chi connectivity index (χ0n) is 7.68. The van der Waals surface area contributed by atoms with Crippen LogP contribution in [-0.2, 0) is 18.6 Å². The van der Waals surface area contributed by atoms with Crippen molar-refractivity contribution in [2.24, 2.45) is 5.41 Å². The van der Waals surface area contributed by atoms with Gasteiger partial charge in [-0.2, -0.15) is 0 Å². The van der Waals surface area contributed by atoms with Crippen molar-refractivity contribution in [3.63, 3.8) is 0 Å². The first-order valence-corrected chi connectivity index (χ1v) is 5.00. The second-order valence-electron chi connectivity index (χ2n) is 3.14. The van der Waals surface area contributed by atoms with Crippen LogP contribution < -0.4 is 0 Å². The van der Waals surface area contributed by atoms with Crippen LogP contribution in [0, 0.1) is 5.41 Å². The first kappa shape index (κ1) is 12.6. The van der Waals surface area contributed by atoms with Crippen LogP contribution in [-0.4, -0.2) is 29.5 Å². The standard InChI is InChI=1S/C6H13O6P/c1-6(2,5(7)11-3)4-12-13(8,9)10/h4H2,1-3H3,(H2,8,9,10). The molecule has 0 amide bonds. The third-order valence-corrected chi connectivity index (χ3v) is 1.80. The lowest BCUT2D eigenvalue weighted by Gasteiger charge is -2.20. The summed E-state index contributed by atoms with van der Waals surface area (Å²) >= 11 is 0. The lowest BCUT2D eigenvalue weighted by Crippen LogP contribution is -2.30. The van der Waals surface area contributed by atoms with Crippen LogP contribution in [0.2, 0.25) is 0 Å². The number of hydrogen-bond acceptors (Lipinski definition) is 4. The summed E-state index contributed by atoms with van der Waals surface area (Å²) in [7, 11) is -3.32. The van der Waals surface area contributed by atoms with E-state index in [0.717, 1.165) is 0 Å². The molecule has 0 radical (unpaired) electrons. The second kappa shape index (κ2) is 4.19. The lowest BCUT2D eigenvalue weighted by molar-refractivity contribution is -0.152. The number of carbonyl (C=O) groups excluding carboxylic acids is 1. The third-order valence-electron chi connectivity index (χ3n) is 1.33. The van der Waals surface area contributed by atoms with E-state index in [-0.39, 0.29) is 6.61 Å². The molecule has 0 heterocycles. The molecule has 0 aliphatic carbocycles. The number of phosphoric ester groups is 1. The van der Waals surface area contributed by atoms with Gasteiger partial charge < -0.3 is 14.5 Å². The number of phosphoric acid groups is 1. The molecule has 78 valence electrons. The fraction of sp³-hybridized carbons (Fsp3) is 0.833. The summed E-state index contributed by atoms with van der Waals surface area (Å²) in [5, 5.41) is 0. The smallest absolute Gasteiger partial charge is 0.469 e. The Bertz CT molecular complexity index is 229. The molecule has 0 aromatic carbocycles. The fourth-order valence-corrected chi connectivity index (χ4v) is 1.07. The highest BCUT2D eigenvalue weighted by molar-refractivity contribution is 7.46. The van der Waals surface area contributed by atoms with Crippen molar-refractivity contribution in [3.8, 4) is 0 Å². The van der Waals surface area contributed by atoms with Crippen molar-refractivity contribution in [1.82, 2.24) is 0 Å². The molecule has 13 heavy (non-hydrogen) atoms. The molecular weight excluding hydrogens is 199 g/mol. The molecule has 0 aromatic heterocycles. The maximum absolute atomic E-state index is 11.0. The molecule has 0 rings (SSSR count). The van der Waals surface area contributed by atoms with E-state index in [0.29, 0.717) is 0 Å². The molecule has 0 unspecified atom stereocenters. The average molecular weight is 212 g/mol. The van der Waals surface area contributed by atoms with Crippen molar-refractivity contribution >= 4 is 13.8 Å². The highest BCUT2D eigenvalue weighted by atomic mass is 31.2. The Kier molecular flexibility index (Phi) is 4.06. The molecule has 0 aliphatic heterocycles. The topological polar surface area (TPSA) is 93.1 Å².